The molecule has 124 valence electrons. The van der Waals surface area contributed by atoms with E-state index in [4.69, 9.17) is 0 Å². The Hall–Kier alpha value is -0.990. The average Bonchev–Trinajstić information content (AvgIpc) is 3.03. The highest BCUT2D eigenvalue weighted by molar-refractivity contribution is 7.88. The van der Waals surface area contributed by atoms with Crippen molar-refractivity contribution in [2.45, 2.75) is 45.1 Å². The lowest BCUT2D eigenvalue weighted by Gasteiger charge is -2.21. The fraction of sp³-hybridized carbons (Fsp3) is 0.714. The summed E-state index contributed by atoms with van der Waals surface area (Å²) in [6, 6.07) is 0.0175. The first-order valence-electron chi connectivity index (χ1n) is 7.47. The summed E-state index contributed by atoms with van der Waals surface area (Å²) in [5, 5.41) is 3.06. The predicted octanol–water partition coefficient (Wildman–Crippen LogP) is 1.71. The highest BCUT2D eigenvalue weighted by Crippen LogP contribution is 2.27. The highest BCUT2D eigenvalue weighted by Gasteiger charge is 2.30. The quantitative estimate of drug-likeness (QED) is 0.821. The van der Waals surface area contributed by atoms with Gasteiger partial charge in [0, 0.05) is 12.6 Å². The van der Waals surface area contributed by atoms with Crippen LogP contribution in [0.5, 0.6) is 0 Å². The molecule has 2 unspecified atom stereocenters. The van der Waals surface area contributed by atoms with E-state index in [9.17, 15) is 13.2 Å². The molecule has 2 rings (SSSR count). The lowest BCUT2D eigenvalue weighted by atomic mass is 10.0. The van der Waals surface area contributed by atoms with Crippen molar-refractivity contribution in [1.82, 2.24) is 15.0 Å². The molecule has 1 aliphatic carbocycles. The van der Waals surface area contributed by atoms with E-state index in [0.29, 0.717) is 11.4 Å². The molecule has 0 radical (unpaired) electrons. The molecule has 1 saturated carbocycles. The second-order valence-corrected chi connectivity index (χ2v) is 8.80. The van der Waals surface area contributed by atoms with Crippen molar-refractivity contribution in [3.8, 4) is 0 Å². The summed E-state index contributed by atoms with van der Waals surface area (Å²) in [5.41, 5.74) is 2.52. The number of nitrogens with one attached hydrogen (secondary N) is 2. The molecule has 1 fully saturated rings. The normalized spacial score (nSPS) is 22.2. The van der Waals surface area contributed by atoms with Crippen LogP contribution < -0.4 is 10.0 Å². The molecule has 8 heteroatoms. The molecular weight excluding hydrogens is 322 g/mol. The highest BCUT2D eigenvalue weighted by atomic mass is 32.2. The summed E-state index contributed by atoms with van der Waals surface area (Å²) in [6.07, 6.45) is 3.97. The zero-order valence-electron chi connectivity index (χ0n) is 13.1. The minimum atomic E-state index is -3.20. The molecule has 0 saturated heterocycles. The van der Waals surface area contributed by atoms with Gasteiger partial charge in [0.05, 0.1) is 17.5 Å². The standard InChI is InChI=1S/C14H23N3O3S2/c1-9(2)12-13(21-8-15-12)14(18)17-11-6-4-5-10(11)7-16-22(3,19)20/h8-11,16H,4-7H2,1-3H3,(H,17,18). The van der Waals surface area contributed by atoms with Gasteiger partial charge in [0.15, 0.2) is 0 Å². The largest absolute Gasteiger partial charge is 0.348 e. The van der Waals surface area contributed by atoms with Crippen molar-refractivity contribution >= 4 is 27.3 Å². The molecule has 6 nitrogen and oxygen atoms in total. The molecule has 2 atom stereocenters. The van der Waals surface area contributed by atoms with Crippen LogP contribution in [-0.2, 0) is 10.0 Å². The molecule has 1 amide bonds. The van der Waals surface area contributed by atoms with Crippen LogP contribution in [0, 0.1) is 5.92 Å². The third kappa shape index (κ3) is 4.50. The van der Waals surface area contributed by atoms with Gasteiger partial charge in [-0.3, -0.25) is 4.79 Å². The number of rotatable bonds is 6. The number of hydrogen-bond donors (Lipinski definition) is 2. The van der Waals surface area contributed by atoms with E-state index in [1.54, 1.807) is 5.51 Å². The average molecular weight is 345 g/mol. The van der Waals surface area contributed by atoms with Crippen molar-refractivity contribution < 1.29 is 13.2 Å². The maximum absolute atomic E-state index is 12.5. The molecule has 1 aromatic rings. The van der Waals surface area contributed by atoms with Crippen LogP contribution in [0.25, 0.3) is 0 Å². The monoisotopic (exact) mass is 345 g/mol. The topological polar surface area (TPSA) is 88.2 Å². The molecule has 0 spiro atoms. The SMILES string of the molecule is CC(C)c1ncsc1C(=O)NC1CCCC1CNS(C)(=O)=O. The van der Waals surface area contributed by atoms with E-state index in [1.807, 2.05) is 13.8 Å². The van der Waals surface area contributed by atoms with Gasteiger partial charge in [-0.15, -0.1) is 11.3 Å². The minimum absolute atomic E-state index is 0.0175. The van der Waals surface area contributed by atoms with Gasteiger partial charge in [0.25, 0.3) is 5.91 Å². The van der Waals surface area contributed by atoms with E-state index in [-0.39, 0.29) is 23.8 Å². The summed E-state index contributed by atoms with van der Waals surface area (Å²) in [5.74, 6) is 0.259. The molecule has 1 aliphatic rings. The van der Waals surface area contributed by atoms with Gasteiger partial charge >= 0.3 is 0 Å². The first-order valence-corrected chi connectivity index (χ1v) is 10.2. The fourth-order valence-corrected chi connectivity index (χ4v) is 4.16. The molecule has 22 heavy (non-hydrogen) atoms. The van der Waals surface area contributed by atoms with Crippen molar-refractivity contribution in [2.24, 2.45) is 5.92 Å². The molecule has 0 aliphatic heterocycles. The van der Waals surface area contributed by atoms with Crippen molar-refractivity contribution in [1.29, 1.82) is 0 Å². The summed E-state index contributed by atoms with van der Waals surface area (Å²) < 4.78 is 25.0. The van der Waals surface area contributed by atoms with E-state index in [1.165, 1.54) is 11.3 Å². The van der Waals surface area contributed by atoms with Crippen LogP contribution in [0.2, 0.25) is 0 Å². The summed E-state index contributed by atoms with van der Waals surface area (Å²) >= 11 is 1.35. The van der Waals surface area contributed by atoms with Gasteiger partial charge in [-0.2, -0.15) is 0 Å². The van der Waals surface area contributed by atoms with Gasteiger partial charge in [-0.25, -0.2) is 18.1 Å². The third-order valence-electron chi connectivity index (χ3n) is 3.93. The maximum Gasteiger partial charge on any atom is 0.263 e. The summed E-state index contributed by atoms with van der Waals surface area (Å²) in [4.78, 5) is 17.4. The van der Waals surface area contributed by atoms with Crippen LogP contribution in [-0.4, -0.2) is 38.2 Å². The number of aromatic nitrogens is 1. The number of nitrogens with zero attached hydrogens (tertiary/aromatic N) is 1. The van der Waals surface area contributed by atoms with Gasteiger partial charge in [-0.05, 0) is 24.7 Å². The smallest absolute Gasteiger partial charge is 0.263 e. The van der Waals surface area contributed by atoms with Crippen LogP contribution >= 0.6 is 11.3 Å². The Morgan fingerprint density at radius 2 is 2.18 bits per heavy atom. The van der Waals surface area contributed by atoms with E-state index >= 15 is 0 Å². The molecule has 1 heterocycles. The Balaban J connectivity index is 1.99. The number of sulfonamides is 1. The van der Waals surface area contributed by atoms with Gasteiger partial charge in [0.2, 0.25) is 10.0 Å². The van der Waals surface area contributed by atoms with Crippen LogP contribution in [0.3, 0.4) is 0 Å². The Morgan fingerprint density at radius 3 is 2.82 bits per heavy atom. The van der Waals surface area contributed by atoms with Crippen molar-refractivity contribution in [3.05, 3.63) is 16.1 Å². The molecular formula is C14H23N3O3S2. The number of amides is 1. The number of thiazole rings is 1. The Bertz CT molecular complexity index is 625. The summed E-state index contributed by atoms with van der Waals surface area (Å²) in [7, 11) is -3.20. The second kappa shape index (κ2) is 7.06. The van der Waals surface area contributed by atoms with Crippen molar-refractivity contribution in [3.63, 3.8) is 0 Å². The van der Waals surface area contributed by atoms with Gasteiger partial charge in [0.1, 0.15) is 4.88 Å². The maximum atomic E-state index is 12.5. The van der Waals surface area contributed by atoms with E-state index in [2.05, 4.69) is 15.0 Å². The Labute approximate surface area is 135 Å². The number of carbonyl (C=O) groups is 1. The summed E-state index contributed by atoms with van der Waals surface area (Å²) in [6.45, 7) is 4.41. The zero-order chi connectivity index (χ0) is 16.3. The van der Waals surface area contributed by atoms with Crippen LogP contribution in [0.4, 0.5) is 0 Å². The first kappa shape index (κ1) is 17.4. The fourth-order valence-electron chi connectivity index (χ4n) is 2.80. The molecule has 0 aromatic carbocycles. The van der Waals surface area contributed by atoms with Gasteiger partial charge in [-0.1, -0.05) is 20.3 Å². The second-order valence-electron chi connectivity index (χ2n) is 6.11. The number of carbonyl (C=O) groups excluding carboxylic acids is 1. The van der Waals surface area contributed by atoms with Crippen LogP contribution in [0.15, 0.2) is 5.51 Å². The molecule has 2 N–H and O–H groups in total. The van der Waals surface area contributed by atoms with Crippen LogP contribution in [0.1, 0.15) is 54.4 Å². The lowest BCUT2D eigenvalue weighted by Crippen LogP contribution is -2.41. The zero-order valence-corrected chi connectivity index (χ0v) is 14.8. The van der Waals surface area contributed by atoms with Crippen molar-refractivity contribution in [2.75, 3.05) is 12.8 Å². The van der Waals surface area contributed by atoms with Gasteiger partial charge < -0.3 is 5.32 Å². The van der Waals surface area contributed by atoms with E-state index < -0.39 is 10.0 Å². The van der Waals surface area contributed by atoms with E-state index in [0.717, 1.165) is 31.2 Å². The Kier molecular flexibility index (Phi) is 5.57. The predicted molar refractivity (Wildman–Crippen MR) is 87.6 cm³/mol. The third-order valence-corrected chi connectivity index (χ3v) is 5.46. The first-order chi connectivity index (χ1) is 10.3. The minimum Gasteiger partial charge on any atom is -0.348 e. The number of hydrogen-bond acceptors (Lipinski definition) is 5. The lowest BCUT2D eigenvalue weighted by molar-refractivity contribution is 0.0931. The Morgan fingerprint density at radius 1 is 1.45 bits per heavy atom. The molecule has 1 aromatic heterocycles. The molecule has 0 bridgehead atoms.